The number of nitrogens with zero attached hydrogens (tertiary/aromatic N) is 4. The van der Waals surface area contributed by atoms with Crippen LogP contribution in [0.2, 0.25) is 5.02 Å². The number of hydrogen-bond donors (Lipinski definition) is 1. The van der Waals surface area contributed by atoms with E-state index >= 15 is 0 Å². The van der Waals surface area contributed by atoms with Crippen LogP contribution < -0.4 is 10.2 Å². The van der Waals surface area contributed by atoms with Crippen molar-refractivity contribution in [2.45, 2.75) is 18.4 Å². The van der Waals surface area contributed by atoms with Crippen molar-refractivity contribution < 1.29 is 4.39 Å². The molecule has 0 radical (unpaired) electrons. The highest BCUT2D eigenvalue weighted by atomic mass is 127. The Labute approximate surface area is 187 Å². The summed E-state index contributed by atoms with van der Waals surface area (Å²) in [5.74, 6) is 1.76. The van der Waals surface area contributed by atoms with Crippen LogP contribution in [0.4, 0.5) is 10.2 Å². The molecule has 2 fully saturated rings. The number of nitrogens with one attached hydrogen (secondary N) is 1. The number of piperazine rings is 1. The fourth-order valence-corrected chi connectivity index (χ4v) is 3.99. The van der Waals surface area contributed by atoms with Gasteiger partial charge in [-0.25, -0.2) is 9.37 Å². The fraction of sp³-hybridized carbons (Fsp3) is 0.400. The van der Waals surface area contributed by atoms with Crippen LogP contribution in [0.15, 0.2) is 47.6 Å². The normalized spacial score (nSPS) is 21.9. The zero-order valence-corrected chi connectivity index (χ0v) is 18.8. The van der Waals surface area contributed by atoms with Crippen LogP contribution in [-0.4, -0.2) is 55.1 Å². The lowest BCUT2D eigenvalue weighted by Gasteiger charge is -2.37. The van der Waals surface area contributed by atoms with Gasteiger partial charge in [0.1, 0.15) is 11.6 Å². The van der Waals surface area contributed by atoms with Gasteiger partial charge in [0.25, 0.3) is 0 Å². The summed E-state index contributed by atoms with van der Waals surface area (Å²) in [5.41, 5.74) is 0.618. The summed E-state index contributed by atoms with van der Waals surface area (Å²) in [6, 6.07) is 11.0. The van der Waals surface area contributed by atoms with Crippen molar-refractivity contribution in [1.82, 2.24) is 15.2 Å². The predicted molar refractivity (Wildman–Crippen MR) is 122 cm³/mol. The van der Waals surface area contributed by atoms with Crippen LogP contribution in [0.5, 0.6) is 0 Å². The van der Waals surface area contributed by atoms with Crippen molar-refractivity contribution in [3.05, 3.63) is 59.0 Å². The van der Waals surface area contributed by atoms with Gasteiger partial charge in [0.2, 0.25) is 0 Å². The number of aromatic nitrogens is 1. The second-order valence-corrected chi connectivity index (χ2v) is 7.34. The van der Waals surface area contributed by atoms with Crippen LogP contribution >= 0.6 is 35.6 Å². The van der Waals surface area contributed by atoms with Crippen molar-refractivity contribution in [3.8, 4) is 0 Å². The zero-order chi connectivity index (χ0) is 18.8. The smallest absolute Gasteiger partial charge is 0.194 e. The minimum atomic E-state index is -0.226. The van der Waals surface area contributed by atoms with Crippen molar-refractivity contribution >= 4 is 47.4 Å². The minimum Gasteiger partial charge on any atom is -0.353 e. The Morgan fingerprint density at radius 1 is 1.18 bits per heavy atom. The molecule has 0 bridgehead atoms. The van der Waals surface area contributed by atoms with Crippen LogP contribution in [-0.2, 0) is 0 Å². The molecule has 1 aromatic carbocycles. The molecule has 0 amide bonds. The van der Waals surface area contributed by atoms with E-state index in [4.69, 9.17) is 11.6 Å². The van der Waals surface area contributed by atoms with Crippen LogP contribution in [0.1, 0.15) is 17.9 Å². The molecule has 8 heteroatoms. The SMILES string of the molecule is CN=C(NC1CC1c1c(F)cccc1Cl)N1CCN(c2ccccn2)CC1.I. The molecule has 2 aromatic rings. The number of anilines is 1. The lowest BCUT2D eigenvalue weighted by Crippen LogP contribution is -2.53. The maximum atomic E-state index is 14.1. The number of pyridine rings is 1. The molecule has 4 rings (SSSR count). The number of guanidine groups is 1. The molecule has 1 saturated heterocycles. The van der Waals surface area contributed by atoms with Crippen molar-refractivity contribution in [2.24, 2.45) is 4.99 Å². The molecule has 2 heterocycles. The summed E-state index contributed by atoms with van der Waals surface area (Å²) in [6.45, 7) is 3.53. The second kappa shape index (κ2) is 9.26. The Hall–Kier alpha value is -1.61. The first-order valence-corrected chi connectivity index (χ1v) is 9.63. The largest absolute Gasteiger partial charge is 0.353 e. The molecule has 1 aliphatic heterocycles. The maximum absolute atomic E-state index is 14.1. The van der Waals surface area contributed by atoms with E-state index in [1.54, 1.807) is 19.2 Å². The van der Waals surface area contributed by atoms with E-state index in [0.29, 0.717) is 10.6 Å². The predicted octanol–water partition coefficient (Wildman–Crippen LogP) is 3.75. The lowest BCUT2D eigenvalue weighted by atomic mass is 10.1. The summed E-state index contributed by atoms with van der Waals surface area (Å²) >= 11 is 6.20. The van der Waals surface area contributed by atoms with Gasteiger partial charge < -0.3 is 15.1 Å². The molecule has 5 nitrogen and oxygen atoms in total. The maximum Gasteiger partial charge on any atom is 0.194 e. The molecule has 2 aliphatic rings. The average molecular weight is 516 g/mol. The molecule has 1 N–H and O–H groups in total. The van der Waals surface area contributed by atoms with E-state index in [1.165, 1.54) is 6.07 Å². The molecule has 28 heavy (non-hydrogen) atoms. The first-order chi connectivity index (χ1) is 13.2. The monoisotopic (exact) mass is 515 g/mol. The second-order valence-electron chi connectivity index (χ2n) is 6.94. The van der Waals surface area contributed by atoms with Gasteiger partial charge in [-0.1, -0.05) is 23.7 Å². The number of hydrogen-bond acceptors (Lipinski definition) is 3. The Morgan fingerprint density at radius 2 is 1.96 bits per heavy atom. The van der Waals surface area contributed by atoms with E-state index < -0.39 is 0 Å². The summed E-state index contributed by atoms with van der Waals surface area (Å²) in [6.07, 6.45) is 2.69. The third kappa shape index (κ3) is 4.51. The summed E-state index contributed by atoms with van der Waals surface area (Å²) in [5, 5.41) is 3.99. The molecule has 1 aliphatic carbocycles. The Balaban J connectivity index is 0.00000225. The lowest BCUT2D eigenvalue weighted by molar-refractivity contribution is 0.371. The number of benzene rings is 1. The summed E-state index contributed by atoms with van der Waals surface area (Å²) in [4.78, 5) is 13.4. The number of rotatable bonds is 3. The molecule has 1 aromatic heterocycles. The third-order valence-electron chi connectivity index (χ3n) is 5.24. The first kappa shape index (κ1) is 21.1. The highest BCUT2D eigenvalue weighted by molar-refractivity contribution is 14.0. The van der Waals surface area contributed by atoms with Gasteiger partial charge >= 0.3 is 0 Å². The van der Waals surface area contributed by atoms with Crippen molar-refractivity contribution in [2.75, 3.05) is 38.1 Å². The van der Waals surface area contributed by atoms with Gasteiger partial charge in [-0.3, -0.25) is 4.99 Å². The molecule has 1 saturated carbocycles. The van der Waals surface area contributed by atoms with Gasteiger partial charge in [-0.05, 0) is 30.7 Å². The van der Waals surface area contributed by atoms with Crippen LogP contribution in [0.25, 0.3) is 0 Å². The van der Waals surface area contributed by atoms with Gasteiger partial charge in [-0.2, -0.15) is 0 Å². The zero-order valence-electron chi connectivity index (χ0n) is 15.7. The van der Waals surface area contributed by atoms with E-state index in [-0.39, 0.29) is 41.8 Å². The number of aliphatic imine (C=N–C) groups is 1. The van der Waals surface area contributed by atoms with Gasteiger partial charge in [0, 0.05) is 62.0 Å². The molecule has 150 valence electrons. The minimum absolute atomic E-state index is 0. The summed E-state index contributed by atoms with van der Waals surface area (Å²) < 4.78 is 14.1. The van der Waals surface area contributed by atoms with E-state index in [1.807, 2.05) is 24.4 Å². The van der Waals surface area contributed by atoms with E-state index in [9.17, 15) is 4.39 Å². The quantitative estimate of drug-likeness (QED) is 0.384. The third-order valence-corrected chi connectivity index (χ3v) is 5.57. The molecule has 2 unspecified atom stereocenters. The van der Waals surface area contributed by atoms with Gasteiger partial charge in [0.15, 0.2) is 5.96 Å². The topological polar surface area (TPSA) is 43.8 Å². The van der Waals surface area contributed by atoms with Crippen molar-refractivity contribution in [1.29, 1.82) is 0 Å². The van der Waals surface area contributed by atoms with Crippen LogP contribution in [0.3, 0.4) is 0 Å². The molecular formula is C20H24ClFIN5. The molecule has 0 spiro atoms. The van der Waals surface area contributed by atoms with Gasteiger partial charge in [0.05, 0.1) is 0 Å². The fourth-order valence-electron chi connectivity index (χ4n) is 3.69. The summed E-state index contributed by atoms with van der Waals surface area (Å²) in [7, 11) is 1.79. The van der Waals surface area contributed by atoms with Gasteiger partial charge in [-0.15, -0.1) is 24.0 Å². The Bertz CT molecular complexity index is 806. The average Bonchev–Trinajstić information content (AvgIpc) is 3.45. The van der Waals surface area contributed by atoms with E-state index in [0.717, 1.165) is 44.4 Å². The Morgan fingerprint density at radius 3 is 2.61 bits per heavy atom. The van der Waals surface area contributed by atoms with Crippen LogP contribution in [0, 0.1) is 5.82 Å². The molecule has 2 atom stereocenters. The highest BCUT2D eigenvalue weighted by Gasteiger charge is 2.42. The Kier molecular flexibility index (Phi) is 6.98. The van der Waals surface area contributed by atoms with E-state index in [2.05, 4.69) is 25.1 Å². The molecular weight excluding hydrogens is 492 g/mol. The number of halogens is 3. The van der Waals surface area contributed by atoms with Crippen molar-refractivity contribution in [3.63, 3.8) is 0 Å². The highest BCUT2D eigenvalue weighted by Crippen LogP contribution is 2.45. The first-order valence-electron chi connectivity index (χ1n) is 9.25. The standard InChI is InChI=1S/C20H23ClFN5.HI/c1-23-20(25-17-13-14(17)19-15(21)5-4-6-16(19)22)27-11-9-26(10-12-27)18-7-2-3-8-24-18;/h2-8,14,17H,9-13H2,1H3,(H,23,25);1H.